The van der Waals surface area contributed by atoms with E-state index in [0.717, 1.165) is 10.5 Å². The molecule has 1 aliphatic rings. The molecule has 1 fully saturated rings. The van der Waals surface area contributed by atoms with Crippen LogP contribution >= 0.6 is 11.6 Å². The van der Waals surface area contributed by atoms with Crippen LogP contribution in [0.2, 0.25) is 5.02 Å². The Morgan fingerprint density at radius 2 is 2.12 bits per heavy atom. The fourth-order valence-electron chi connectivity index (χ4n) is 2.28. The molecule has 0 saturated carbocycles. The second-order valence-electron chi connectivity index (χ2n) is 5.17. The minimum atomic E-state index is -0.691. The van der Waals surface area contributed by atoms with Gasteiger partial charge in [0.1, 0.15) is 23.8 Å². The molecule has 3 rings (SSSR count). The Balaban J connectivity index is 1.81. The van der Waals surface area contributed by atoms with Crippen LogP contribution in [-0.4, -0.2) is 36.5 Å². The smallest absolute Gasteiger partial charge is 0.329 e. The number of hydrogen-bond acceptors (Lipinski definition) is 5. The molecule has 2 heterocycles. The summed E-state index contributed by atoms with van der Waals surface area (Å²) in [4.78, 5) is 36.0. The molecule has 1 N–H and O–H groups in total. The predicted octanol–water partition coefficient (Wildman–Crippen LogP) is 2.67. The van der Waals surface area contributed by atoms with Crippen molar-refractivity contribution in [1.82, 2.24) is 10.2 Å². The van der Waals surface area contributed by atoms with Gasteiger partial charge in [0.2, 0.25) is 0 Å². The Kier molecular flexibility index (Phi) is 4.58. The van der Waals surface area contributed by atoms with E-state index in [1.807, 2.05) is 6.07 Å². The van der Waals surface area contributed by atoms with E-state index < -0.39 is 24.5 Å². The highest BCUT2D eigenvalue weighted by atomic mass is 35.5. The molecule has 0 radical (unpaired) electrons. The van der Waals surface area contributed by atoms with Gasteiger partial charge in [0, 0.05) is 16.7 Å². The Labute approximate surface area is 147 Å². The van der Waals surface area contributed by atoms with Gasteiger partial charge in [0.25, 0.3) is 5.91 Å². The molecule has 0 bridgehead atoms. The number of amides is 3. The van der Waals surface area contributed by atoms with Gasteiger partial charge in [-0.1, -0.05) is 23.7 Å². The topological polar surface area (TPSA) is 88.8 Å². The van der Waals surface area contributed by atoms with Crippen LogP contribution in [0.25, 0.3) is 17.4 Å². The number of furan rings is 1. The minimum absolute atomic E-state index is 0.0147. The Morgan fingerprint density at radius 1 is 1.32 bits per heavy atom. The van der Waals surface area contributed by atoms with Crippen molar-refractivity contribution in [2.45, 2.75) is 0 Å². The highest BCUT2D eigenvalue weighted by Gasteiger charge is 2.35. The van der Waals surface area contributed by atoms with Crippen molar-refractivity contribution in [3.05, 3.63) is 52.9 Å². The van der Waals surface area contributed by atoms with E-state index in [9.17, 15) is 14.4 Å². The number of nitrogens with one attached hydrogen (secondary N) is 1. The van der Waals surface area contributed by atoms with Crippen LogP contribution in [0.15, 0.2) is 46.5 Å². The molecule has 1 aromatic heterocycles. The number of urea groups is 1. The Morgan fingerprint density at radius 3 is 2.84 bits per heavy atom. The number of rotatable bonds is 4. The summed E-state index contributed by atoms with van der Waals surface area (Å²) in [6, 6.07) is 9.82. The number of nitrogens with zero attached hydrogens (tertiary/aromatic N) is 1. The standard InChI is InChI=1S/C17H13ClN2O5/c1-24-15(21)9-20-16(22)13(19-17(20)23)8-12-5-6-14(25-12)10-3-2-4-11(18)7-10/h2-8H,9H2,1H3,(H,19,23)/b13-8+. The van der Waals surface area contributed by atoms with Gasteiger partial charge in [-0.3, -0.25) is 9.59 Å². The van der Waals surface area contributed by atoms with E-state index in [0.29, 0.717) is 16.5 Å². The molecule has 1 aliphatic heterocycles. The molecule has 1 saturated heterocycles. The molecule has 1 aromatic carbocycles. The fraction of sp³-hybridized carbons (Fsp3) is 0.118. The number of imide groups is 1. The van der Waals surface area contributed by atoms with Gasteiger partial charge >= 0.3 is 12.0 Å². The first-order valence-electron chi connectivity index (χ1n) is 7.25. The second-order valence-corrected chi connectivity index (χ2v) is 5.60. The zero-order chi connectivity index (χ0) is 18.0. The zero-order valence-electron chi connectivity index (χ0n) is 13.1. The van der Waals surface area contributed by atoms with Crippen molar-refractivity contribution in [2.75, 3.05) is 13.7 Å². The molecule has 0 atom stereocenters. The zero-order valence-corrected chi connectivity index (χ0v) is 13.9. The van der Waals surface area contributed by atoms with Crippen LogP contribution in [0.4, 0.5) is 4.79 Å². The van der Waals surface area contributed by atoms with Crippen LogP contribution in [0.3, 0.4) is 0 Å². The quantitative estimate of drug-likeness (QED) is 0.514. The molecule has 2 aromatic rings. The van der Waals surface area contributed by atoms with Crippen molar-refractivity contribution >= 4 is 35.6 Å². The van der Waals surface area contributed by atoms with Crippen LogP contribution in [-0.2, 0) is 14.3 Å². The molecule has 0 unspecified atom stereocenters. The highest BCUT2D eigenvalue weighted by molar-refractivity contribution is 6.30. The number of carbonyl (C=O) groups excluding carboxylic acids is 3. The summed E-state index contributed by atoms with van der Waals surface area (Å²) < 4.78 is 10.1. The largest absolute Gasteiger partial charge is 0.468 e. The summed E-state index contributed by atoms with van der Waals surface area (Å²) in [5.41, 5.74) is 0.798. The molecule has 0 spiro atoms. The number of halogens is 1. The molecular formula is C17H13ClN2O5. The molecule has 3 amide bonds. The summed E-state index contributed by atoms with van der Waals surface area (Å²) in [5, 5.41) is 2.97. The molecule has 0 aliphatic carbocycles. The van der Waals surface area contributed by atoms with E-state index in [4.69, 9.17) is 16.0 Å². The summed E-state index contributed by atoms with van der Waals surface area (Å²) in [6.07, 6.45) is 1.39. The van der Waals surface area contributed by atoms with Crippen molar-refractivity contribution in [1.29, 1.82) is 0 Å². The number of ether oxygens (including phenoxy) is 1. The lowest BCUT2D eigenvalue weighted by atomic mass is 10.2. The average molecular weight is 361 g/mol. The van der Waals surface area contributed by atoms with Crippen molar-refractivity contribution in [3.63, 3.8) is 0 Å². The Bertz CT molecular complexity index is 887. The van der Waals surface area contributed by atoms with Crippen molar-refractivity contribution in [3.8, 4) is 11.3 Å². The van der Waals surface area contributed by atoms with E-state index in [2.05, 4.69) is 10.1 Å². The van der Waals surface area contributed by atoms with Gasteiger partial charge in [0.05, 0.1) is 7.11 Å². The van der Waals surface area contributed by atoms with Gasteiger partial charge in [-0.05, 0) is 24.3 Å². The number of methoxy groups -OCH3 is 1. The fourth-order valence-corrected chi connectivity index (χ4v) is 2.47. The Hall–Kier alpha value is -3.06. The molecular weight excluding hydrogens is 348 g/mol. The highest BCUT2D eigenvalue weighted by Crippen LogP contribution is 2.26. The van der Waals surface area contributed by atoms with Gasteiger partial charge in [-0.25, -0.2) is 9.69 Å². The summed E-state index contributed by atoms with van der Waals surface area (Å²) >= 11 is 5.95. The van der Waals surface area contributed by atoms with E-state index in [1.165, 1.54) is 13.2 Å². The second kappa shape index (κ2) is 6.82. The van der Waals surface area contributed by atoms with E-state index in [-0.39, 0.29) is 5.70 Å². The lowest BCUT2D eigenvalue weighted by Crippen LogP contribution is -2.36. The molecule has 7 nitrogen and oxygen atoms in total. The first-order valence-corrected chi connectivity index (χ1v) is 7.63. The van der Waals surface area contributed by atoms with Crippen LogP contribution in [0.1, 0.15) is 5.76 Å². The first kappa shape index (κ1) is 16.8. The normalized spacial score (nSPS) is 15.6. The number of benzene rings is 1. The van der Waals surface area contributed by atoms with Crippen molar-refractivity contribution < 1.29 is 23.5 Å². The van der Waals surface area contributed by atoms with E-state index >= 15 is 0 Å². The SMILES string of the molecule is COC(=O)CN1C(=O)N/C(=C/c2ccc(-c3cccc(Cl)c3)o2)C1=O. The first-order chi connectivity index (χ1) is 12.0. The average Bonchev–Trinajstić information content (AvgIpc) is 3.15. The van der Waals surface area contributed by atoms with Gasteiger partial charge < -0.3 is 14.5 Å². The predicted molar refractivity (Wildman–Crippen MR) is 89.4 cm³/mol. The lowest BCUT2D eigenvalue weighted by molar-refractivity contribution is -0.143. The van der Waals surface area contributed by atoms with Crippen molar-refractivity contribution in [2.24, 2.45) is 0 Å². The van der Waals surface area contributed by atoms with Crippen LogP contribution in [0, 0.1) is 0 Å². The third-order valence-corrected chi connectivity index (χ3v) is 3.73. The maximum atomic E-state index is 12.2. The van der Waals surface area contributed by atoms with Gasteiger partial charge in [0.15, 0.2) is 0 Å². The summed E-state index contributed by atoms with van der Waals surface area (Å²) in [5.74, 6) is -0.377. The van der Waals surface area contributed by atoms with Crippen LogP contribution in [0.5, 0.6) is 0 Å². The monoisotopic (exact) mass is 360 g/mol. The number of carbonyl (C=O) groups is 3. The third kappa shape index (κ3) is 3.56. The lowest BCUT2D eigenvalue weighted by Gasteiger charge is -2.08. The van der Waals surface area contributed by atoms with Crippen LogP contribution < -0.4 is 5.32 Å². The maximum absolute atomic E-state index is 12.2. The van der Waals surface area contributed by atoms with E-state index in [1.54, 1.807) is 30.3 Å². The number of esters is 1. The van der Waals surface area contributed by atoms with Gasteiger partial charge in [-0.2, -0.15) is 0 Å². The molecule has 25 heavy (non-hydrogen) atoms. The molecule has 8 heteroatoms. The minimum Gasteiger partial charge on any atom is -0.468 e. The maximum Gasteiger partial charge on any atom is 0.329 e. The third-order valence-electron chi connectivity index (χ3n) is 3.50. The van der Waals surface area contributed by atoms with Gasteiger partial charge in [-0.15, -0.1) is 0 Å². The summed E-state index contributed by atoms with van der Waals surface area (Å²) in [7, 11) is 1.18. The number of hydrogen-bond donors (Lipinski definition) is 1. The molecule has 128 valence electrons. The summed E-state index contributed by atoms with van der Waals surface area (Å²) in [6.45, 7) is -0.454.